The average molecular weight is 430 g/mol. The lowest BCUT2D eigenvalue weighted by molar-refractivity contribution is -0.172. The number of hydrogen-bond acceptors (Lipinski definition) is 5. The summed E-state index contributed by atoms with van der Waals surface area (Å²) in [4.78, 5) is 26.1. The summed E-state index contributed by atoms with van der Waals surface area (Å²) in [6, 6.07) is 6.05. The summed E-state index contributed by atoms with van der Waals surface area (Å²) in [6.07, 6.45) is 4.94. The Hall–Kier alpha value is -3.63. The fourth-order valence-electron chi connectivity index (χ4n) is 3.55. The van der Waals surface area contributed by atoms with E-state index in [4.69, 9.17) is 0 Å². The number of alkyl halides is 4. The molecule has 1 aliphatic rings. The Morgan fingerprint density at radius 3 is 2.48 bits per heavy atom. The first-order valence-electron chi connectivity index (χ1n) is 9.24. The fourth-order valence-corrected chi connectivity index (χ4v) is 3.55. The summed E-state index contributed by atoms with van der Waals surface area (Å²) < 4.78 is 55.5. The van der Waals surface area contributed by atoms with Gasteiger partial charge in [0.25, 0.3) is 5.91 Å². The van der Waals surface area contributed by atoms with Crippen molar-refractivity contribution in [2.45, 2.75) is 11.8 Å². The van der Waals surface area contributed by atoms with E-state index in [1.54, 1.807) is 30.3 Å². The number of amides is 1. The third-order valence-electron chi connectivity index (χ3n) is 5.16. The molecule has 3 aromatic heterocycles. The Kier molecular flexibility index (Phi) is 4.01. The molecule has 0 spiro atoms. The van der Waals surface area contributed by atoms with Gasteiger partial charge < -0.3 is 4.90 Å². The van der Waals surface area contributed by atoms with E-state index in [0.717, 1.165) is 5.39 Å². The molecule has 0 N–H and O–H groups in total. The van der Waals surface area contributed by atoms with Crippen LogP contribution in [0.5, 0.6) is 0 Å². The molecule has 4 aromatic rings. The van der Waals surface area contributed by atoms with Crippen LogP contribution in [0.4, 0.5) is 17.6 Å². The number of carbonyl (C=O) groups excluding carboxylic acids is 1. The quantitative estimate of drug-likeness (QED) is 0.456. The van der Waals surface area contributed by atoms with E-state index in [9.17, 15) is 22.4 Å². The normalized spacial score (nSPS) is 17.5. The summed E-state index contributed by atoms with van der Waals surface area (Å²) in [5, 5.41) is 5.01. The van der Waals surface area contributed by atoms with E-state index < -0.39 is 30.8 Å². The van der Waals surface area contributed by atoms with Gasteiger partial charge in [0.15, 0.2) is 5.65 Å². The molecule has 4 heterocycles. The van der Waals surface area contributed by atoms with E-state index in [-0.39, 0.29) is 5.56 Å². The minimum atomic E-state index is -4.26. The Labute approximate surface area is 172 Å². The van der Waals surface area contributed by atoms with Gasteiger partial charge in [-0.2, -0.15) is 22.7 Å². The predicted octanol–water partition coefficient (Wildman–Crippen LogP) is 3.30. The van der Waals surface area contributed by atoms with Gasteiger partial charge in [0, 0.05) is 36.0 Å². The highest BCUT2D eigenvalue weighted by atomic mass is 19.3. The van der Waals surface area contributed by atoms with Gasteiger partial charge in [0.05, 0.1) is 36.0 Å². The van der Waals surface area contributed by atoms with Crippen molar-refractivity contribution in [1.29, 1.82) is 0 Å². The smallest absolute Gasteiger partial charge is 0.326 e. The highest BCUT2D eigenvalue weighted by Crippen LogP contribution is 2.41. The maximum Gasteiger partial charge on any atom is 0.329 e. The monoisotopic (exact) mass is 430 g/mol. The van der Waals surface area contributed by atoms with E-state index in [0.29, 0.717) is 32.8 Å². The van der Waals surface area contributed by atoms with Crippen molar-refractivity contribution >= 4 is 28.0 Å². The molecule has 158 valence electrons. The molecule has 0 aliphatic carbocycles. The fraction of sp³-hybridized carbons (Fsp3) is 0.250. The molecule has 0 saturated carbocycles. The Morgan fingerprint density at radius 1 is 1.00 bits per heavy atom. The summed E-state index contributed by atoms with van der Waals surface area (Å²) >= 11 is 0. The van der Waals surface area contributed by atoms with Crippen LogP contribution >= 0.6 is 0 Å². The van der Waals surface area contributed by atoms with E-state index in [1.807, 2.05) is 6.07 Å². The van der Waals surface area contributed by atoms with Crippen LogP contribution in [-0.4, -0.2) is 60.5 Å². The van der Waals surface area contributed by atoms with Crippen LogP contribution in [0.25, 0.3) is 33.3 Å². The van der Waals surface area contributed by atoms with Gasteiger partial charge in [-0.15, -0.1) is 0 Å². The Morgan fingerprint density at radius 2 is 1.74 bits per heavy atom. The van der Waals surface area contributed by atoms with Crippen molar-refractivity contribution in [2.75, 3.05) is 13.1 Å². The summed E-state index contributed by atoms with van der Waals surface area (Å²) in [5.41, 5.74) is 2.50. The molecular weight excluding hydrogens is 416 g/mol. The highest BCUT2D eigenvalue weighted by molar-refractivity contribution is 5.97. The summed E-state index contributed by atoms with van der Waals surface area (Å²) in [5.74, 6) is -9.43. The van der Waals surface area contributed by atoms with Crippen molar-refractivity contribution < 1.29 is 22.4 Å². The molecule has 1 amide bonds. The largest absolute Gasteiger partial charge is 0.329 e. The first-order valence-corrected chi connectivity index (χ1v) is 9.24. The third kappa shape index (κ3) is 3.16. The number of rotatable bonds is 2. The zero-order chi connectivity index (χ0) is 22.0. The minimum Gasteiger partial charge on any atom is -0.326 e. The van der Waals surface area contributed by atoms with Crippen LogP contribution in [0.15, 0.2) is 42.9 Å². The second-order valence-corrected chi connectivity index (χ2v) is 7.47. The number of benzene rings is 1. The number of pyridine rings is 1. The van der Waals surface area contributed by atoms with Gasteiger partial charge in [0.2, 0.25) is 0 Å². The number of hydrogen-bond donors (Lipinski definition) is 0. The molecular formula is C20H14F4N6O. The van der Waals surface area contributed by atoms with Gasteiger partial charge in [-0.25, -0.2) is 9.97 Å². The van der Waals surface area contributed by atoms with Crippen LogP contribution in [-0.2, 0) is 7.05 Å². The topological polar surface area (TPSA) is 76.8 Å². The van der Waals surface area contributed by atoms with Crippen LogP contribution in [0.2, 0.25) is 0 Å². The van der Waals surface area contributed by atoms with E-state index in [2.05, 4.69) is 20.1 Å². The summed E-state index contributed by atoms with van der Waals surface area (Å²) in [6.45, 7) is -2.67. The van der Waals surface area contributed by atoms with Crippen LogP contribution in [0, 0.1) is 0 Å². The molecule has 5 rings (SSSR count). The predicted molar refractivity (Wildman–Crippen MR) is 103 cm³/mol. The van der Waals surface area contributed by atoms with Crippen molar-refractivity contribution in [3.05, 3.63) is 48.4 Å². The van der Waals surface area contributed by atoms with Gasteiger partial charge in [-0.3, -0.25) is 14.5 Å². The second kappa shape index (κ2) is 6.43. The molecule has 31 heavy (non-hydrogen) atoms. The van der Waals surface area contributed by atoms with Crippen molar-refractivity contribution in [3.8, 4) is 11.3 Å². The standard InChI is InChI=1S/C20H14F4N6O/c1-29-8-13-4-12(6-26-17(13)28-29)16-7-25-14-3-2-11(5-15(14)27-16)18(31)30-9-19(21,22)20(23,24)10-30/h2-8H,9-10H2,1H3. The molecule has 7 nitrogen and oxygen atoms in total. The number of halogens is 4. The third-order valence-corrected chi connectivity index (χ3v) is 5.16. The molecule has 0 bridgehead atoms. The number of nitrogens with zero attached hydrogens (tertiary/aromatic N) is 6. The number of fused-ring (bicyclic) bond motifs is 2. The number of aryl methyl sites for hydroxylation is 1. The molecule has 1 aliphatic heterocycles. The average Bonchev–Trinajstić information content (AvgIpc) is 3.20. The first kappa shape index (κ1) is 19.3. The molecule has 11 heteroatoms. The maximum atomic E-state index is 13.5. The van der Waals surface area contributed by atoms with Gasteiger partial charge >= 0.3 is 11.8 Å². The van der Waals surface area contributed by atoms with Crippen LogP contribution in [0.3, 0.4) is 0 Å². The lowest BCUT2D eigenvalue weighted by atomic mass is 10.1. The van der Waals surface area contributed by atoms with Gasteiger partial charge in [0.1, 0.15) is 0 Å². The molecule has 1 fully saturated rings. The highest BCUT2D eigenvalue weighted by Gasteiger charge is 2.63. The number of aromatic nitrogens is 5. The molecule has 1 saturated heterocycles. The first-order chi connectivity index (χ1) is 14.6. The lowest BCUT2D eigenvalue weighted by Crippen LogP contribution is -2.38. The minimum absolute atomic E-state index is 0.0201. The van der Waals surface area contributed by atoms with Crippen molar-refractivity contribution in [2.24, 2.45) is 7.05 Å². The van der Waals surface area contributed by atoms with Crippen molar-refractivity contribution in [3.63, 3.8) is 0 Å². The Balaban J connectivity index is 1.50. The summed E-state index contributed by atoms with van der Waals surface area (Å²) in [7, 11) is 1.78. The Bertz CT molecular complexity index is 1340. The van der Waals surface area contributed by atoms with Crippen molar-refractivity contribution in [1.82, 2.24) is 29.6 Å². The zero-order valence-corrected chi connectivity index (χ0v) is 16.1. The number of carbonyl (C=O) groups is 1. The van der Waals surface area contributed by atoms with E-state index in [1.165, 1.54) is 18.2 Å². The second-order valence-electron chi connectivity index (χ2n) is 7.47. The molecule has 1 aromatic carbocycles. The molecule has 0 radical (unpaired) electrons. The van der Waals surface area contributed by atoms with Crippen LogP contribution < -0.4 is 0 Å². The van der Waals surface area contributed by atoms with Gasteiger partial charge in [-0.05, 0) is 24.3 Å². The number of likely N-dealkylation sites (tertiary alicyclic amines) is 1. The molecule has 0 atom stereocenters. The molecule has 0 unspecified atom stereocenters. The maximum absolute atomic E-state index is 13.5. The SMILES string of the molecule is Cn1cc2cc(-c3cnc4ccc(C(=O)N5CC(F)(F)C(F)(F)C5)cc4n3)cnc2n1. The van der Waals surface area contributed by atoms with Gasteiger partial charge in [-0.1, -0.05) is 0 Å². The van der Waals surface area contributed by atoms with E-state index >= 15 is 0 Å². The zero-order valence-electron chi connectivity index (χ0n) is 16.1. The van der Waals surface area contributed by atoms with Crippen LogP contribution in [0.1, 0.15) is 10.4 Å². The lowest BCUT2D eigenvalue weighted by Gasteiger charge is -2.15.